The molecular weight excluding hydrogens is 242 g/mol. The minimum absolute atomic E-state index is 0.0431. The second-order valence-corrected chi connectivity index (χ2v) is 4.29. The molecule has 0 saturated carbocycles. The standard InChI is InChI=1S/C10H15N3O3S/c1-2-13(5-3-9(14)15)10(16)12-7-8-11-4-6-17-8/h4,6H,2-3,5,7H2,1H3,(H,12,16)(H,14,15). The number of aliphatic carboxylic acids is 1. The van der Waals surface area contributed by atoms with E-state index in [2.05, 4.69) is 10.3 Å². The van der Waals surface area contributed by atoms with Crippen LogP contribution < -0.4 is 5.32 Å². The molecule has 7 heteroatoms. The molecule has 0 aliphatic rings. The Bertz CT molecular complexity index is 367. The van der Waals surface area contributed by atoms with Gasteiger partial charge in [-0.05, 0) is 6.92 Å². The summed E-state index contributed by atoms with van der Waals surface area (Å²) >= 11 is 1.46. The van der Waals surface area contributed by atoms with Gasteiger partial charge in [-0.25, -0.2) is 9.78 Å². The summed E-state index contributed by atoms with van der Waals surface area (Å²) in [7, 11) is 0. The smallest absolute Gasteiger partial charge is 0.317 e. The van der Waals surface area contributed by atoms with Crippen LogP contribution in [0.1, 0.15) is 18.4 Å². The Kier molecular flexibility index (Phi) is 5.41. The molecule has 0 fully saturated rings. The predicted octanol–water partition coefficient (Wildman–Crippen LogP) is 1.15. The third kappa shape index (κ3) is 4.81. The molecule has 1 aromatic heterocycles. The van der Waals surface area contributed by atoms with Gasteiger partial charge in [0.25, 0.3) is 0 Å². The predicted molar refractivity (Wildman–Crippen MR) is 63.8 cm³/mol. The summed E-state index contributed by atoms with van der Waals surface area (Å²) in [5.74, 6) is -0.906. The van der Waals surface area contributed by atoms with Crippen LogP contribution in [0, 0.1) is 0 Å². The van der Waals surface area contributed by atoms with Gasteiger partial charge in [0.15, 0.2) is 0 Å². The number of amides is 2. The number of carboxylic acids is 1. The number of rotatable bonds is 6. The fourth-order valence-corrected chi connectivity index (χ4v) is 1.79. The lowest BCUT2D eigenvalue weighted by molar-refractivity contribution is -0.137. The third-order valence-electron chi connectivity index (χ3n) is 2.14. The Morgan fingerprint density at radius 2 is 2.35 bits per heavy atom. The summed E-state index contributed by atoms with van der Waals surface area (Å²) in [5, 5.41) is 13.9. The molecule has 6 nitrogen and oxygen atoms in total. The van der Waals surface area contributed by atoms with E-state index in [1.807, 2.05) is 12.3 Å². The molecule has 0 saturated heterocycles. The van der Waals surface area contributed by atoms with Crippen molar-refractivity contribution in [3.05, 3.63) is 16.6 Å². The first-order chi connectivity index (χ1) is 8.13. The van der Waals surface area contributed by atoms with E-state index >= 15 is 0 Å². The van der Waals surface area contributed by atoms with Crippen LogP contribution in [0.5, 0.6) is 0 Å². The molecule has 1 heterocycles. The van der Waals surface area contributed by atoms with Crippen LogP contribution >= 0.6 is 11.3 Å². The summed E-state index contributed by atoms with van der Waals surface area (Å²) in [6.45, 7) is 2.89. The Balaban J connectivity index is 2.35. The molecule has 0 bridgehead atoms. The fourth-order valence-electron chi connectivity index (χ4n) is 1.24. The Labute approximate surface area is 103 Å². The number of carbonyl (C=O) groups excluding carboxylic acids is 1. The topological polar surface area (TPSA) is 82.5 Å². The van der Waals surface area contributed by atoms with Crippen LogP contribution in [0.4, 0.5) is 4.79 Å². The minimum Gasteiger partial charge on any atom is -0.481 e. The van der Waals surface area contributed by atoms with E-state index in [1.165, 1.54) is 16.2 Å². The zero-order chi connectivity index (χ0) is 12.7. The first kappa shape index (κ1) is 13.4. The van der Waals surface area contributed by atoms with Crippen LogP contribution in [-0.2, 0) is 11.3 Å². The maximum absolute atomic E-state index is 11.7. The first-order valence-corrected chi connectivity index (χ1v) is 6.14. The van der Waals surface area contributed by atoms with Gasteiger partial charge >= 0.3 is 12.0 Å². The summed E-state index contributed by atoms with van der Waals surface area (Å²) in [5.41, 5.74) is 0. The quantitative estimate of drug-likeness (QED) is 0.800. The van der Waals surface area contributed by atoms with Crippen molar-refractivity contribution in [3.63, 3.8) is 0 Å². The minimum atomic E-state index is -0.906. The molecule has 0 aromatic carbocycles. The van der Waals surface area contributed by atoms with Crippen LogP contribution in [0.3, 0.4) is 0 Å². The number of nitrogens with one attached hydrogen (secondary N) is 1. The molecular formula is C10H15N3O3S. The van der Waals surface area contributed by atoms with E-state index in [4.69, 9.17) is 5.11 Å². The highest BCUT2D eigenvalue weighted by Gasteiger charge is 2.12. The number of carboxylic acid groups (broad SMARTS) is 1. The monoisotopic (exact) mass is 257 g/mol. The number of aromatic nitrogens is 1. The van der Waals surface area contributed by atoms with Crippen molar-refractivity contribution in [2.24, 2.45) is 0 Å². The Morgan fingerprint density at radius 3 is 2.88 bits per heavy atom. The lowest BCUT2D eigenvalue weighted by atomic mass is 10.4. The lowest BCUT2D eigenvalue weighted by Gasteiger charge is -2.20. The van der Waals surface area contributed by atoms with Gasteiger partial charge in [0.1, 0.15) is 5.01 Å². The summed E-state index contributed by atoms with van der Waals surface area (Å²) in [6.07, 6.45) is 1.63. The summed E-state index contributed by atoms with van der Waals surface area (Å²) in [6, 6.07) is -0.260. The molecule has 2 amide bonds. The zero-order valence-corrected chi connectivity index (χ0v) is 10.4. The van der Waals surface area contributed by atoms with Crippen molar-refractivity contribution in [2.75, 3.05) is 13.1 Å². The van der Waals surface area contributed by atoms with Crippen molar-refractivity contribution in [1.82, 2.24) is 15.2 Å². The van der Waals surface area contributed by atoms with Gasteiger partial charge in [-0.2, -0.15) is 0 Å². The first-order valence-electron chi connectivity index (χ1n) is 5.26. The highest BCUT2D eigenvalue weighted by molar-refractivity contribution is 7.09. The summed E-state index contributed by atoms with van der Waals surface area (Å²) in [4.78, 5) is 27.6. The van der Waals surface area contributed by atoms with E-state index in [0.717, 1.165) is 5.01 Å². The lowest BCUT2D eigenvalue weighted by Crippen LogP contribution is -2.40. The van der Waals surface area contributed by atoms with Crippen LogP contribution in [-0.4, -0.2) is 40.1 Å². The van der Waals surface area contributed by atoms with E-state index in [1.54, 1.807) is 6.20 Å². The molecule has 0 aliphatic carbocycles. The maximum Gasteiger partial charge on any atom is 0.317 e. The van der Waals surface area contributed by atoms with Gasteiger partial charge < -0.3 is 15.3 Å². The van der Waals surface area contributed by atoms with Crippen molar-refractivity contribution >= 4 is 23.3 Å². The number of urea groups is 1. The molecule has 0 radical (unpaired) electrons. The fraction of sp³-hybridized carbons (Fsp3) is 0.500. The average Bonchev–Trinajstić information content (AvgIpc) is 2.79. The second kappa shape index (κ2) is 6.85. The molecule has 2 N–H and O–H groups in total. The molecule has 17 heavy (non-hydrogen) atoms. The Hall–Kier alpha value is -1.63. The number of thiazole rings is 1. The highest BCUT2D eigenvalue weighted by atomic mass is 32.1. The maximum atomic E-state index is 11.7. The second-order valence-electron chi connectivity index (χ2n) is 3.31. The van der Waals surface area contributed by atoms with Crippen molar-refractivity contribution in [3.8, 4) is 0 Å². The van der Waals surface area contributed by atoms with E-state index in [9.17, 15) is 9.59 Å². The number of nitrogens with zero attached hydrogens (tertiary/aromatic N) is 2. The van der Waals surface area contributed by atoms with Crippen molar-refractivity contribution in [2.45, 2.75) is 19.9 Å². The molecule has 1 aromatic rings. The SMILES string of the molecule is CCN(CCC(=O)O)C(=O)NCc1nccs1. The molecule has 94 valence electrons. The van der Waals surface area contributed by atoms with E-state index in [-0.39, 0.29) is 19.0 Å². The van der Waals surface area contributed by atoms with Gasteiger partial charge in [0.2, 0.25) is 0 Å². The van der Waals surface area contributed by atoms with Crippen LogP contribution in [0.15, 0.2) is 11.6 Å². The van der Waals surface area contributed by atoms with Gasteiger partial charge in [0.05, 0.1) is 13.0 Å². The third-order valence-corrected chi connectivity index (χ3v) is 2.92. The van der Waals surface area contributed by atoms with Gasteiger partial charge in [0, 0.05) is 24.7 Å². The Morgan fingerprint density at radius 1 is 1.59 bits per heavy atom. The van der Waals surface area contributed by atoms with Crippen molar-refractivity contribution in [1.29, 1.82) is 0 Å². The molecule has 0 spiro atoms. The molecule has 1 rings (SSSR count). The summed E-state index contributed by atoms with van der Waals surface area (Å²) < 4.78 is 0. The van der Waals surface area contributed by atoms with Crippen molar-refractivity contribution < 1.29 is 14.7 Å². The zero-order valence-electron chi connectivity index (χ0n) is 9.55. The molecule has 0 unspecified atom stereocenters. The number of hydrogen-bond donors (Lipinski definition) is 2. The van der Waals surface area contributed by atoms with Gasteiger partial charge in [-0.1, -0.05) is 0 Å². The van der Waals surface area contributed by atoms with Crippen LogP contribution in [0.2, 0.25) is 0 Å². The highest BCUT2D eigenvalue weighted by Crippen LogP contribution is 2.03. The van der Waals surface area contributed by atoms with E-state index < -0.39 is 5.97 Å². The largest absolute Gasteiger partial charge is 0.481 e. The molecule has 0 atom stereocenters. The number of hydrogen-bond acceptors (Lipinski definition) is 4. The number of carbonyl (C=O) groups is 2. The van der Waals surface area contributed by atoms with E-state index in [0.29, 0.717) is 13.1 Å². The molecule has 0 aliphatic heterocycles. The normalized spacial score (nSPS) is 9.94. The van der Waals surface area contributed by atoms with Gasteiger partial charge in [-0.15, -0.1) is 11.3 Å². The van der Waals surface area contributed by atoms with Crippen LogP contribution in [0.25, 0.3) is 0 Å². The average molecular weight is 257 g/mol. The van der Waals surface area contributed by atoms with Gasteiger partial charge in [-0.3, -0.25) is 4.79 Å².